The molecule has 3 N–H and O–H groups in total. The maximum absolute atomic E-state index is 10.7. The van der Waals surface area contributed by atoms with Gasteiger partial charge >= 0.3 is 0 Å². The molecule has 0 aliphatic heterocycles. The first kappa shape index (κ1) is 16.7. The van der Waals surface area contributed by atoms with Crippen LogP contribution in [-0.4, -0.2) is 38.0 Å². The van der Waals surface area contributed by atoms with Crippen LogP contribution in [0.1, 0.15) is 46.5 Å². The van der Waals surface area contributed by atoms with Gasteiger partial charge < -0.3 is 16.0 Å². The standard InChI is InChI=1S/C13H28N4O/c1-4-6-7-8-9-16-13(14-5-2)17-11-10-15-12(3)18/h4-11H2,1-3H3,(H,15,18)(H2,14,16,17). The van der Waals surface area contributed by atoms with Crippen molar-refractivity contribution in [1.29, 1.82) is 0 Å². The molecule has 0 aliphatic carbocycles. The van der Waals surface area contributed by atoms with E-state index in [0.29, 0.717) is 13.1 Å². The fourth-order valence-corrected chi connectivity index (χ4v) is 1.49. The van der Waals surface area contributed by atoms with Gasteiger partial charge in [0.2, 0.25) is 5.91 Å². The first-order valence-corrected chi connectivity index (χ1v) is 6.97. The van der Waals surface area contributed by atoms with E-state index in [1.165, 1.54) is 26.2 Å². The van der Waals surface area contributed by atoms with Gasteiger partial charge in [-0.2, -0.15) is 0 Å². The van der Waals surface area contributed by atoms with Crippen LogP contribution in [0.4, 0.5) is 0 Å². The van der Waals surface area contributed by atoms with Crippen molar-refractivity contribution in [3.63, 3.8) is 0 Å². The Kier molecular flexibility index (Phi) is 11.3. The lowest BCUT2D eigenvalue weighted by atomic mass is 10.2. The molecular formula is C13H28N4O. The van der Waals surface area contributed by atoms with Crippen LogP contribution in [0, 0.1) is 0 Å². The highest BCUT2D eigenvalue weighted by atomic mass is 16.1. The van der Waals surface area contributed by atoms with Crippen molar-refractivity contribution in [2.75, 3.05) is 26.2 Å². The van der Waals surface area contributed by atoms with Crippen molar-refractivity contribution >= 4 is 11.9 Å². The predicted molar refractivity (Wildman–Crippen MR) is 76.8 cm³/mol. The molecule has 106 valence electrons. The molecule has 0 saturated heterocycles. The highest BCUT2D eigenvalue weighted by Gasteiger charge is 1.96. The van der Waals surface area contributed by atoms with Gasteiger partial charge in [-0.05, 0) is 13.3 Å². The van der Waals surface area contributed by atoms with Gasteiger partial charge in [0.15, 0.2) is 5.96 Å². The Morgan fingerprint density at radius 2 is 1.72 bits per heavy atom. The van der Waals surface area contributed by atoms with E-state index in [0.717, 1.165) is 25.5 Å². The molecule has 0 fully saturated rings. The number of amides is 1. The third-order valence-corrected chi connectivity index (χ3v) is 2.42. The third kappa shape index (κ3) is 11.2. The van der Waals surface area contributed by atoms with Crippen LogP contribution in [0.15, 0.2) is 4.99 Å². The molecule has 5 heteroatoms. The molecule has 0 atom stereocenters. The minimum Gasteiger partial charge on any atom is -0.357 e. The van der Waals surface area contributed by atoms with E-state index >= 15 is 0 Å². The van der Waals surface area contributed by atoms with Crippen LogP contribution >= 0.6 is 0 Å². The number of hydrogen-bond acceptors (Lipinski definition) is 2. The highest BCUT2D eigenvalue weighted by Crippen LogP contribution is 1.98. The summed E-state index contributed by atoms with van der Waals surface area (Å²) < 4.78 is 0. The minimum absolute atomic E-state index is 0.00157. The molecule has 0 saturated carbocycles. The molecule has 0 rings (SSSR count). The zero-order valence-corrected chi connectivity index (χ0v) is 12.0. The Morgan fingerprint density at radius 1 is 1.00 bits per heavy atom. The number of nitrogens with zero attached hydrogens (tertiary/aromatic N) is 1. The zero-order chi connectivity index (χ0) is 13.6. The lowest BCUT2D eigenvalue weighted by molar-refractivity contribution is -0.118. The van der Waals surface area contributed by atoms with Crippen LogP contribution < -0.4 is 16.0 Å². The fraction of sp³-hybridized carbons (Fsp3) is 0.846. The van der Waals surface area contributed by atoms with E-state index in [1.807, 2.05) is 6.92 Å². The van der Waals surface area contributed by atoms with Gasteiger partial charge in [0, 0.05) is 33.1 Å². The number of carbonyl (C=O) groups excluding carboxylic acids is 1. The fourth-order valence-electron chi connectivity index (χ4n) is 1.49. The van der Waals surface area contributed by atoms with Gasteiger partial charge in [-0.15, -0.1) is 0 Å². The van der Waals surface area contributed by atoms with Crippen LogP contribution in [-0.2, 0) is 4.79 Å². The van der Waals surface area contributed by atoms with Gasteiger partial charge in [0.1, 0.15) is 0 Å². The summed E-state index contributed by atoms with van der Waals surface area (Å²) in [6.45, 7) is 8.79. The maximum atomic E-state index is 10.7. The van der Waals surface area contributed by atoms with Crippen molar-refractivity contribution < 1.29 is 4.79 Å². The first-order valence-electron chi connectivity index (χ1n) is 6.97. The predicted octanol–water partition coefficient (Wildman–Crippen LogP) is 1.26. The first-order chi connectivity index (χ1) is 8.70. The summed E-state index contributed by atoms with van der Waals surface area (Å²) >= 11 is 0. The van der Waals surface area contributed by atoms with Crippen LogP contribution in [0.3, 0.4) is 0 Å². The summed E-state index contributed by atoms with van der Waals surface area (Å²) in [5.74, 6) is 0.831. The van der Waals surface area contributed by atoms with E-state index in [4.69, 9.17) is 0 Å². The second-order valence-electron chi connectivity index (χ2n) is 4.23. The molecule has 5 nitrogen and oxygen atoms in total. The number of guanidine groups is 1. The zero-order valence-electron chi connectivity index (χ0n) is 12.0. The number of nitrogens with one attached hydrogen (secondary N) is 3. The van der Waals surface area contributed by atoms with Gasteiger partial charge in [-0.1, -0.05) is 26.2 Å². The summed E-state index contributed by atoms with van der Waals surface area (Å²) in [6.07, 6.45) is 4.90. The normalized spacial score (nSPS) is 11.2. The van der Waals surface area contributed by atoms with E-state index in [-0.39, 0.29) is 5.91 Å². The van der Waals surface area contributed by atoms with E-state index < -0.39 is 0 Å². The van der Waals surface area contributed by atoms with E-state index in [9.17, 15) is 4.79 Å². The second-order valence-corrected chi connectivity index (χ2v) is 4.23. The Morgan fingerprint density at radius 3 is 2.33 bits per heavy atom. The van der Waals surface area contributed by atoms with Crippen molar-refractivity contribution in [2.45, 2.75) is 46.5 Å². The molecule has 0 spiro atoms. The number of unbranched alkanes of at least 4 members (excludes halogenated alkanes) is 3. The van der Waals surface area contributed by atoms with Gasteiger partial charge in [-0.3, -0.25) is 9.79 Å². The number of aliphatic imine (C=N–C) groups is 1. The average molecular weight is 256 g/mol. The summed E-state index contributed by atoms with van der Waals surface area (Å²) in [5, 5.41) is 9.12. The summed E-state index contributed by atoms with van der Waals surface area (Å²) in [4.78, 5) is 15.2. The van der Waals surface area contributed by atoms with Crippen LogP contribution in [0.5, 0.6) is 0 Å². The van der Waals surface area contributed by atoms with Crippen LogP contribution in [0.25, 0.3) is 0 Å². The Hall–Kier alpha value is -1.26. The van der Waals surface area contributed by atoms with Crippen molar-refractivity contribution in [3.05, 3.63) is 0 Å². The molecule has 0 heterocycles. The summed E-state index contributed by atoms with van der Waals surface area (Å²) in [7, 11) is 0. The molecule has 0 aliphatic rings. The second kappa shape index (κ2) is 12.2. The van der Waals surface area contributed by atoms with Gasteiger partial charge in [0.25, 0.3) is 0 Å². The largest absolute Gasteiger partial charge is 0.357 e. The van der Waals surface area contributed by atoms with Gasteiger partial charge in [0.05, 0.1) is 0 Å². The third-order valence-electron chi connectivity index (χ3n) is 2.42. The molecule has 18 heavy (non-hydrogen) atoms. The molecule has 0 bridgehead atoms. The highest BCUT2D eigenvalue weighted by molar-refractivity contribution is 5.79. The van der Waals surface area contributed by atoms with Gasteiger partial charge in [-0.25, -0.2) is 0 Å². The smallest absolute Gasteiger partial charge is 0.216 e. The maximum Gasteiger partial charge on any atom is 0.216 e. The Bertz CT molecular complexity index is 241. The quantitative estimate of drug-likeness (QED) is 0.330. The van der Waals surface area contributed by atoms with Crippen LogP contribution in [0.2, 0.25) is 0 Å². The topological polar surface area (TPSA) is 65.5 Å². The van der Waals surface area contributed by atoms with Crippen molar-refractivity contribution in [1.82, 2.24) is 16.0 Å². The lowest BCUT2D eigenvalue weighted by Gasteiger charge is -2.11. The van der Waals surface area contributed by atoms with E-state index in [2.05, 4.69) is 27.9 Å². The van der Waals surface area contributed by atoms with Crippen molar-refractivity contribution in [2.24, 2.45) is 4.99 Å². The minimum atomic E-state index is -0.00157. The number of carbonyl (C=O) groups is 1. The molecule has 0 aromatic heterocycles. The van der Waals surface area contributed by atoms with E-state index in [1.54, 1.807) is 0 Å². The summed E-state index contributed by atoms with van der Waals surface area (Å²) in [5.41, 5.74) is 0. The average Bonchev–Trinajstić information content (AvgIpc) is 2.33. The molecule has 1 amide bonds. The SMILES string of the molecule is CCCCCCN=C(NCC)NCCNC(C)=O. The summed E-state index contributed by atoms with van der Waals surface area (Å²) in [6, 6.07) is 0. The molecule has 0 unspecified atom stereocenters. The monoisotopic (exact) mass is 256 g/mol. The molecule has 0 aromatic rings. The molecular weight excluding hydrogens is 228 g/mol. The lowest BCUT2D eigenvalue weighted by Crippen LogP contribution is -2.41. The Balaban J connectivity index is 3.75. The molecule has 0 aromatic carbocycles. The number of rotatable bonds is 9. The molecule has 0 radical (unpaired) electrons. The van der Waals surface area contributed by atoms with Crippen molar-refractivity contribution in [3.8, 4) is 0 Å². The Labute approximate surface area is 111 Å². The number of hydrogen-bond donors (Lipinski definition) is 3.